The molecular formula is C21H22ClN7. The summed E-state index contributed by atoms with van der Waals surface area (Å²) >= 11 is 6.69. The Bertz CT molecular complexity index is 1240. The predicted octanol–water partition coefficient (Wildman–Crippen LogP) is 4.26. The lowest BCUT2D eigenvalue weighted by molar-refractivity contribution is 0.527. The molecule has 1 fully saturated rings. The Labute approximate surface area is 173 Å². The minimum absolute atomic E-state index is 0.631. The van der Waals surface area contributed by atoms with Gasteiger partial charge in [0.25, 0.3) is 0 Å². The first-order valence-electron chi connectivity index (χ1n) is 9.82. The molecule has 0 radical (unpaired) electrons. The molecule has 1 unspecified atom stereocenters. The van der Waals surface area contributed by atoms with Gasteiger partial charge in [0.1, 0.15) is 5.52 Å². The summed E-state index contributed by atoms with van der Waals surface area (Å²) in [5, 5.41) is 9.45. The lowest BCUT2D eigenvalue weighted by Crippen LogP contribution is -2.22. The zero-order valence-corrected chi connectivity index (χ0v) is 17.2. The number of aromatic nitrogens is 5. The molecular weight excluding hydrogens is 386 g/mol. The number of hydrogen-bond acceptors (Lipinski definition) is 5. The second-order valence-electron chi connectivity index (χ2n) is 7.74. The quantitative estimate of drug-likeness (QED) is 0.520. The summed E-state index contributed by atoms with van der Waals surface area (Å²) in [7, 11) is 1.89. The fourth-order valence-corrected chi connectivity index (χ4v) is 4.17. The molecule has 1 saturated heterocycles. The molecule has 148 valence electrons. The van der Waals surface area contributed by atoms with Gasteiger partial charge < -0.3 is 10.3 Å². The first-order chi connectivity index (χ1) is 14.1. The molecule has 8 heteroatoms. The molecule has 7 nitrogen and oxygen atoms in total. The topological polar surface area (TPSA) is 83.8 Å². The number of aromatic amines is 1. The van der Waals surface area contributed by atoms with Crippen LogP contribution in [0.5, 0.6) is 0 Å². The van der Waals surface area contributed by atoms with Crippen molar-refractivity contribution in [2.24, 2.45) is 18.0 Å². The predicted molar refractivity (Wildman–Crippen MR) is 117 cm³/mol. The number of halogens is 1. The first-order valence-corrected chi connectivity index (χ1v) is 10.2. The van der Waals surface area contributed by atoms with Crippen molar-refractivity contribution in [2.75, 3.05) is 13.1 Å². The van der Waals surface area contributed by atoms with Crippen molar-refractivity contribution in [2.45, 2.75) is 19.8 Å². The molecule has 1 aromatic carbocycles. The van der Waals surface area contributed by atoms with E-state index in [0.717, 1.165) is 59.2 Å². The number of hydrogen-bond donors (Lipinski definition) is 2. The number of benzene rings is 1. The average molecular weight is 408 g/mol. The fourth-order valence-electron chi connectivity index (χ4n) is 3.86. The number of H-pyrrole nitrogens is 1. The van der Waals surface area contributed by atoms with Crippen molar-refractivity contribution in [3.8, 4) is 11.1 Å². The highest BCUT2D eigenvalue weighted by Crippen LogP contribution is 2.36. The molecule has 4 aromatic rings. The Balaban J connectivity index is 1.52. The van der Waals surface area contributed by atoms with Crippen LogP contribution >= 0.6 is 11.6 Å². The van der Waals surface area contributed by atoms with Crippen LogP contribution in [0.4, 0.5) is 5.82 Å². The number of nitrogens with zero attached hydrogens (tertiary/aromatic N) is 5. The van der Waals surface area contributed by atoms with Crippen molar-refractivity contribution < 1.29 is 0 Å². The lowest BCUT2D eigenvalue weighted by atomic mass is 10.1. The van der Waals surface area contributed by atoms with Gasteiger partial charge in [-0.1, -0.05) is 24.6 Å². The highest BCUT2D eigenvalue weighted by molar-refractivity contribution is 6.38. The zero-order valence-electron chi connectivity index (χ0n) is 16.4. The smallest absolute Gasteiger partial charge is 0.172 e. The van der Waals surface area contributed by atoms with Gasteiger partial charge in [0, 0.05) is 48.2 Å². The van der Waals surface area contributed by atoms with E-state index < -0.39 is 0 Å². The number of fused-ring (bicyclic) bond motifs is 2. The Morgan fingerprint density at radius 1 is 1.28 bits per heavy atom. The minimum atomic E-state index is 0.631. The normalized spacial score (nSPS) is 19.3. The third-order valence-electron chi connectivity index (χ3n) is 5.42. The van der Waals surface area contributed by atoms with Gasteiger partial charge >= 0.3 is 0 Å². The average Bonchev–Trinajstić information content (AvgIpc) is 3.23. The molecule has 29 heavy (non-hydrogen) atoms. The van der Waals surface area contributed by atoms with Crippen LogP contribution in [0, 0.1) is 5.92 Å². The SMILES string of the molecule is CC1CCC(=Nc2cnc3c(-c4ccc5nn(C)cc5c4Cl)c[nH]c3n2)CNC1. The van der Waals surface area contributed by atoms with Gasteiger partial charge in [0.15, 0.2) is 11.5 Å². The number of aliphatic imine (C=N–C) groups is 1. The molecule has 0 amide bonds. The van der Waals surface area contributed by atoms with Crippen LogP contribution in [0.25, 0.3) is 33.2 Å². The van der Waals surface area contributed by atoms with E-state index in [0.29, 0.717) is 22.4 Å². The molecule has 0 bridgehead atoms. The second kappa shape index (κ2) is 7.24. The van der Waals surface area contributed by atoms with Crippen LogP contribution < -0.4 is 5.32 Å². The highest BCUT2D eigenvalue weighted by atomic mass is 35.5. The van der Waals surface area contributed by atoms with Crippen LogP contribution in [0.3, 0.4) is 0 Å². The minimum Gasteiger partial charge on any atom is -0.344 e. The van der Waals surface area contributed by atoms with Gasteiger partial charge in [-0.2, -0.15) is 5.10 Å². The van der Waals surface area contributed by atoms with Crippen LogP contribution in [0.1, 0.15) is 19.8 Å². The summed E-state index contributed by atoms with van der Waals surface area (Å²) in [6.45, 7) is 4.10. The van der Waals surface area contributed by atoms with Gasteiger partial charge in [0.05, 0.1) is 16.7 Å². The summed E-state index contributed by atoms with van der Waals surface area (Å²) < 4.78 is 1.77. The maximum absolute atomic E-state index is 6.69. The Morgan fingerprint density at radius 3 is 3.07 bits per heavy atom. The van der Waals surface area contributed by atoms with E-state index in [1.54, 1.807) is 10.9 Å². The van der Waals surface area contributed by atoms with Crippen molar-refractivity contribution in [3.05, 3.63) is 35.7 Å². The van der Waals surface area contributed by atoms with E-state index in [1.165, 1.54) is 0 Å². The summed E-state index contributed by atoms with van der Waals surface area (Å²) in [5.41, 5.74) is 5.32. The van der Waals surface area contributed by atoms with Gasteiger partial charge in [-0.15, -0.1) is 0 Å². The van der Waals surface area contributed by atoms with E-state index >= 15 is 0 Å². The molecule has 4 heterocycles. The molecule has 5 rings (SSSR count). The molecule has 0 spiro atoms. The standard InChI is InChI=1S/C21H22ClN7/c1-12-3-4-13(8-23-7-12)26-18-10-24-20-15(9-25-21(20)27-18)14-5-6-17-16(19(14)22)11-29(2)28-17/h5-6,9-12,23H,3-4,7-8H2,1-2H3,(H,25,27). The van der Waals surface area contributed by atoms with E-state index in [2.05, 4.69) is 32.3 Å². The molecule has 0 aliphatic carbocycles. The largest absolute Gasteiger partial charge is 0.344 e. The number of aryl methyl sites for hydroxylation is 1. The van der Waals surface area contributed by atoms with E-state index in [1.807, 2.05) is 31.6 Å². The van der Waals surface area contributed by atoms with Gasteiger partial charge in [0.2, 0.25) is 0 Å². The van der Waals surface area contributed by atoms with Crippen LogP contribution in [0.15, 0.2) is 35.7 Å². The van der Waals surface area contributed by atoms with Gasteiger partial charge in [-0.25, -0.2) is 15.0 Å². The Morgan fingerprint density at radius 2 is 2.17 bits per heavy atom. The Kier molecular flexibility index (Phi) is 4.56. The van der Waals surface area contributed by atoms with E-state index in [4.69, 9.17) is 16.6 Å². The zero-order chi connectivity index (χ0) is 20.0. The van der Waals surface area contributed by atoms with Crippen LogP contribution in [-0.2, 0) is 7.05 Å². The van der Waals surface area contributed by atoms with Crippen molar-refractivity contribution in [3.63, 3.8) is 0 Å². The van der Waals surface area contributed by atoms with Crippen molar-refractivity contribution in [1.82, 2.24) is 30.0 Å². The lowest BCUT2D eigenvalue weighted by Gasteiger charge is -2.04. The summed E-state index contributed by atoms with van der Waals surface area (Å²) in [6, 6.07) is 3.96. The van der Waals surface area contributed by atoms with E-state index in [9.17, 15) is 0 Å². The molecule has 3 aromatic heterocycles. The molecule has 0 saturated carbocycles. The highest BCUT2D eigenvalue weighted by Gasteiger charge is 2.16. The maximum Gasteiger partial charge on any atom is 0.172 e. The van der Waals surface area contributed by atoms with Crippen molar-refractivity contribution >= 4 is 45.2 Å². The number of nitrogens with one attached hydrogen (secondary N) is 2. The summed E-state index contributed by atoms with van der Waals surface area (Å²) in [6.07, 6.45) is 7.70. The summed E-state index contributed by atoms with van der Waals surface area (Å²) in [4.78, 5) is 17.3. The van der Waals surface area contributed by atoms with E-state index in [-0.39, 0.29) is 0 Å². The monoisotopic (exact) mass is 407 g/mol. The molecule has 1 aliphatic heterocycles. The molecule has 1 atom stereocenters. The second-order valence-corrected chi connectivity index (χ2v) is 8.12. The third kappa shape index (κ3) is 3.41. The van der Waals surface area contributed by atoms with Crippen molar-refractivity contribution in [1.29, 1.82) is 0 Å². The van der Waals surface area contributed by atoms with Gasteiger partial charge in [-0.05, 0) is 31.4 Å². The van der Waals surface area contributed by atoms with Gasteiger partial charge in [-0.3, -0.25) is 4.68 Å². The van der Waals surface area contributed by atoms with Crippen LogP contribution in [-0.4, -0.2) is 43.5 Å². The Hall–Kier alpha value is -2.77. The summed E-state index contributed by atoms with van der Waals surface area (Å²) in [5.74, 6) is 1.30. The fraction of sp³-hybridized carbons (Fsp3) is 0.333. The third-order valence-corrected chi connectivity index (χ3v) is 5.82. The number of rotatable bonds is 2. The molecule has 2 N–H and O–H groups in total. The first kappa shape index (κ1) is 18.3. The maximum atomic E-state index is 6.69. The van der Waals surface area contributed by atoms with Crippen LogP contribution in [0.2, 0.25) is 5.02 Å². The molecule has 1 aliphatic rings.